The van der Waals surface area contributed by atoms with Crippen molar-refractivity contribution in [2.45, 2.75) is 11.3 Å². The average molecular weight is 291 g/mol. The monoisotopic (exact) mass is 290 g/mol. The van der Waals surface area contributed by atoms with E-state index < -0.39 is 0 Å². The Labute approximate surface area is 120 Å². The molecule has 0 radical (unpaired) electrons. The number of ketones is 1. The number of thioether (sulfide) groups is 1. The predicted molar refractivity (Wildman–Crippen MR) is 76.8 cm³/mol. The van der Waals surface area contributed by atoms with Gasteiger partial charge in [-0.1, -0.05) is 11.6 Å². The molecule has 0 atom stereocenters. The highest BCUT2D eigenvalue weighted by atomic mass is 35.5. The van der Waals surface area contributed by atoms with Gasteiger partial charge in [-0.2, -0.15) is 5.26 Å². The Bertz CT molecular complexity index is 640. The van der Waals surface area contributed by atoms with Gasteiger partial charge >= 0.3 is 0 Å². The largest absolute Gasteiger partial charge is 0.354 e. The predicted octanol–water partition coefficient (Wildman–Crippen LogP) is 3.69. The van der Waals surface area contributed by atoms with Crippen molar-refractivity contribution in [3.05, 3.63) is 52.3 Å². The molecule has 0 fully saturated rings. The number of carbonyl (C=O) groups is 1. The lowest BCUT2D eigenvalue weighted by Crippen LogP contribution is -2.02. The summed E-state index contributed by atoms with van der Waals surface area (Å²) in [5.74, 6) is -0.165. The molecule has 2 rings (SSSR count). The van der Waals surface area contributed by atoms with Crippen LogP contribution in [0.1, 0.15) is 21.7 Å². The third kappa shape index (κ3) is 3.01. The maximum absolute atomic E-state index is 12.3. The number of nitrogens with zero attached hydrogens (tertiary/aromatic N) is 1. The molecule has 0 aliphatic heterocycles. The standard InChI is InChI=1S/C14H11ClN2OS/c1-19-11-4-2-9(3-5-11)14(18)13-12(15)8-10(17-13)6-7-16/h2-5,8,17H,6H2,1H3. The molecule has 19 heavy (non-hydrogen) atoms. The van der Waals surface area contributed by atoms with E-state index in [2.05, 4.69) is 4.98 Å². The topological polar surface area (TPSA) is 56.6 Å². The van der Waals surface area contributed by atoms with E-state index in [1.807, 2.05) is 24.5 Å². The third-order valence-corrected chi connectivity index (χ3v) is 3.72. The zero-order valence-corrected chi connectivity index (χ0v) is 11.8. The Morgan fingerprint density at radius 3 is 2.68 bits per heavy atom. The quantitative estimate of drug-likeness (QED) is 0.690. The summed E-state index contributed by atoms with van der Waals surface area (Å²) in [5, 5.41) is 8.98. The normalized spacial score (nSPS) is 10.2. The molecule has 0 unspecified atom stereocenters. The van der Waals surface area contributed by atoms with E-state index in [-0.39, 0.29) is 12.2 Å². The minimum absolute atomic E-state index is 0.165. The Morgan fingerprint density at radius 2 is 2.11 bits per heavy atom. The summed E-state index contributed by atoms with van der Waals surface area (Å²) in [4.78, 5) is 16.3. The smallest absolute Gasteiger partial charge is 0.210 e. The Morgan fingerprint density at radius 1 is 1.42 bits per heavy atom. The summed E-state index contributed by atoms with van der Waals surface area (Å²) in [6.45, 7) is 0. The molecule has 0 saturated carbocycles. The van der Waals surface area contributed by atoms with Crippen LogP contribution in [0.3, 0.4) is 0 Å². The molecule has 0 amide bonds. The first kappa shape index (κ1) is 13.7. The second-order valence-corrected chi connectivity index (χ2v) is 5.20. The van der Waals surface area contributed by atoms with Crippen molar-refractivity contribution in [3.63, 3.8) is 0 Å². The number of hydrogen-bond donors (Lipinski definition) is 1. The second kappa shape index (κ2) is 5.96. The van der Waals surface area contributed by atoms with E-state index in [1.165, 1.54) is 0 Å². The van der Waals surface area contributed by atoms with Crippen molar-refractivity contribution >= 4 is 29.1 Å². The minimum Gasteiger partial charge on any atom is -0.354 e. The maximum Gasteiger partial charge on any atom is 0.210 e. The summed E-state index contributed by atoms with van der Waals surface area (Å²) >= 11 is 7.64. The van der Waals surface area contributed by atoms with E-state index in [9.17, 15) is 4.79 Å². The van der Waals surface area contributed by atoms with Crippen molar-refractivity contribution < 1.29 is 4.79 Å². The van der Waals surface area contributed by atoms with Gasteiger partial charge in [0.2, 0.25) is 5.78 Å². The van der Waals surface area contributed by atoms with Gasteiger partial charge in [-0.3, -0.25) is 4.79 Å². The molecule has 1 heterocycles. The molecule has 96 valence electrons. The van der Waals surface area contributed by atoms with E-state index in [0.717, 1.165) is 4.90 Å². The molecule has 1 aromatic heterocycles. The van der Waals surface area contributed by atoms with Gasteiger partial charge < -0.3 is 4.98 Å². The van der Waals surface area contributed by atoms with Crippen molar-refractivity contribution in [1.29, 1.82) is 5.26 Å². The molecule has 2 aromatic rings. The van der Waals surface area contributed by atoms with Crippen LogP contribution in [0.15, 0.2) is 35.2 Å². The first-order valence-electron chi connectivity index (χ1n) is 5.58. The highest BCUT2D eigenvalue weighted by molar-refractivity contribution is 7.98. The zero-order valence-electron chi connectivity index (χ0n) is 10.2. The van der Waals surface area contributed by atoms with Gasteiger partial charge in [0, 0.05) is 16.2 Å². The Hall–Kier alpha value is -1.70. The van der Waals surface area contributed by atoms with Gasteiger partial charge in [0.15, 0.2) is 0 Å². The number of carbonyl (C=O) groups excluding carboxylic acids is 1. The number of benzene rings is 1. The minimum atomic E-state index is -0.165. The van der Waals surface area contributed by atoms with Crippen LogP contribution in [0.2, 0.25) is 5.02 Å². The first-order valence-corrected chi connectivity index (χ1v) is 7.19. The van der Waals surface area contributed by atoms with Crippen LogP contribution in [0, 0.1) is 11.3 Å². The summed E-state index contributed by atoms with van der Waals surface area (Å²) in [5.41, 5.74) is 1.56. The van der Waals surface area contributed by atoms with Crippen LogP contribution < -0.4 is 0 Å². The van der Waals surface area contributed by atoms with E-state index >= 15 is 0 Å². The fraction of sp³-hybridized carbons (Fsp3) is 0.143. The number of aromatic amines is 1. The number of aromatic nitrogens is 1. The molecule has 1 aromatic carbocycles. The van der Waals surface area contributed by atoms with Crippen LogP contribution in [0.5, 0.6) is 0 Å². The molecule has 0 aliphatic rings. The molecule has 0 saturated heterocycles. The van der Waals surface area contributed by atoms with Gasteiger partial charge in [-0.25, -0.2) is 0 Å². The molecule has 0 aliphatic carbocycles. The molecule has 0 spiro atoms. The van der Waals surface area contributed by atoms with E-state index in [0.29, 0.717) is 22.0 Å². The van der Waals surface area contributed by atoms with Crippen LogP contribution >= 0.6 is 23.4 Å². The number of nitrogens with one attached hydrogen (secondary N) is 1. The van der Waals surface area contributed by atoms with Gasteiger partial charge in [-0.05, 0) is 36.6 Å². The Kier molecular flexibility index (Phi) is 4.31. The molecule has 5 heteroatoms. The third-order valence-electron chi connectivity index (χ3n) is 2.67. The summed E-state index contributed by atoms with van der Waals surface area (Å²) in [6, 6.07) is 11.0. The lowest BCUT2D eigenvalue weighted by atomic mass is 10.1. The molecule has 3 nitrogen and oxygen atoms in total. The summed E-state index contributed by atoms with van der Waals surface area (Å²) in [6.07, 6.45) is 2.19. The summed E-state index contributed by atoms with van der Waals surface area (Å²) in [7, 11) is 0. The van der Waals surface area contributed by atoms with Crippen LogP contribution in [0.25, 0.3) is 0 Å². The molecule has 0 bridgehead atoms. The highest BCUT2D eigenvalue weighted by Gasteiger charge is 2.16. The number of halogens is 1. The van der Waals surface area contributed by atoms with Crippen LogP contribution in [-0.4, -0.2) is 17.0 Å². The van der Waals surface area contributed by atoms with E-state index in [4.69, 9.17) is 16.9 Å². The SMILES string of the molecule is CSc1ccc(C(=O)c2[nH]c(CC#N)cc2Cl)cc1. The van der Waals surface area contributed by atoms with Crippen molar-refractivity contribution in [1.82, 2.24) is 4.98 Å². The molecule has 1 N–H and O–H groups in total. The van der Waals surface area contributed by atoms with Crippen molar-refractivity contribution in [2.75, 3.05) is 6.26 Å². The van der Waals surface area contributed by atoms with Gasteiger partial charge in [0.05, 0.1) is 17.5 Å². The van der Waals surface area contributed by atoms with Gasteiger partial charge in [0.25, 0.3) is 0 Å². The Balaban J connectivity index is 2.30. The van der Waals surface area contributed by atoms with E-state index in [1.54, 1.807) is 30.0 Å². The zero-order chi connectivity index (χ0) is 13.8. The van der Waals surface area contributed by atoms with Crippen molar-refractivity contribution in [2.24, 2.45) is 0 Å². The lowest BCUT2D eigenvalue weighted by molar-refractivity contribution is 0.103. The van der Waals surface area contributed by atoms with Gasteiger partial charge in [-0.15, -0.1) is 11.8 Å². The van der Waals surface area contributed by atoms with Gasteiger partial charge in [0.1, 0.15) is 5.69 Å². The highest BCUT2D eigenvalue weighted by Crippen LogP contribution is 2.22. The lowest BCUT2D eigenvalue weighted by Gasteiger charge is -2.01. The summed E-state index contributed by atoms with van der Waals surface area (Å²) < 4.78 is 0. The number of hydrogen-bond acceptors (Lipinski definition) is 3. The number of rotatable bonds is 4. The maximum atomic E-state index is 12.3. The fourth-order valence-electron chi connectivity index (χ4n) is 1.71. The number of nitriles is 1. The van der Waals surface area contributed by atoms with Crippen molar-refractivity contribution in [3.8, 4) is 6.07 Å². The first-order chi connectivity index (χ1) is 9.15. The van der Waals surface area contributed by atoms with Crippen LogP contribution in [0.4, 0.5) is 0 Å². The molecular formula is C14H11ClN2OS. The second-order valence-electron chi connectivity index (χ2n) is 3.91. The van der Waals surface area contributed by atoms with Crippen LogP contribution in [-0.2, 0) is 6.42 Å². The number of H-pyrrole nitrogens is 1. The average Bonchev–Trinajstić information content (AvgIpc) is 2.79. The fourth-order valence-corrected chi connectivity index (χ4v) is 2.39. The molecular weight excluding hydrogens is 280 g/mol.